The molecule has 0 bridgehead atoms. The summed E-state index contributed by atoms with van der Waals surface area (Å²) in [4.78, 5) is 0. The Morgan fingerprint density at radius 3 is 1.95 bits per heavy atom. The first-order valence-electron chi connectivity index (χ1n) is 6.19. The van der Waals surface area contributed by atoms with Gasteiger partial charge < -0.3 is 4.52 Å². The van der Waals surface area contributed by atoms with Gasteiger partial charge in [0.1, 0.15) is 5.75 Å². The zero-order valence-corrected chi connectivity index (χ0v) is 11.9. The number of benzene rings is 2. The minimum absolute atomic E-state index is 0.185. The first-order chi connectivity index (χ1) is 9.10. The first kappa shape index (κ1) is 13.9. The van der Waals surface area contributed by atoms with E-state index in [2.05, 4.69) is 0 Å². The molecule has 0 N–H and O–H groups in total. The van der Waals surface area contributed by atoms with Gasteiger partial charge in [0, 0.05) is 0 Å². The van der Waals surface area contributed by atoms with Crippen molar-refractivity contribution in [2.24, 2.45) is 0 Å². The maximum absolute atomic E-state index is 13.0. The van der Waals surface area contributed by atoms with Crippen LogP contribution >= 0.6 is 7.60 Å². The summed E-state index contributed by atoms with van der Waals surface area (Å²) in [5.41, 5.74) is 0. The van der Waals surface area contributed by atoms with Crippen LogP contribution in [-0.4, -0.2) is 6.10 Å². The highest BCUT2D eigenvalue weighted by Crippen LogP contribution is 2.48. The van der Waals surface area contributed by atoms with E-state index in [4.69, 9.17) is 9.05 Å². The van der Waals surface area contributed by atoms with E-state index in [1.54, 1.807) is 24.3 Å². The quantitative estimate of drug-likeness (QED) is 0.774. The number of hydrogen-bond donors (Lipinski definition) is 0. The molecule has 0 aliphatic rings. The predicted molar refractivity (Wildman–Crippen MR) is 77.0 cm³/mol. The van der Waals surface area contributed by atoms with Crippen molar-refractivity contribution >= 4 is 12.9 Å². The zero-order chi connectivity index (χ0) is 13.7. The fourth-order valence-electron chi connectivity index (χ4n) is 1.64. The predicted octanol–water partition coefficient (Wildman–Crippen LogP) is 4.01. The van der Waals surface area contributed by atoms with E-state index < -0.39 is 7.60 Å². The second-order valence-corrected chi connectivity index (χ2v) is 6.30. The van der Waals surface area contributed by atoms with Crippen molar-refractivity contribution in [3.05, 3.63) is 60.7 Å². The van der Waals surface area contributed by atoms with Gasteiger partial charge in [0.2, 0.25) is 0 Å². The first-order valence-corrected chi connectivity index (χ1v) is 7.73. The van der Waals surface area contributed by atoms with Gasteiger partial charge in [0.25, 0.3) is 0 Å². The van der Waals surface area contributed by atoms with Crippen molar-refractivity contribution in [2.45, 2.75) is 20.0 Å². The molecule has 1 unspecified atom stereocenters. The lowest BCUT2D eigenvalue weighted by Gasteiger charge is -2.21. The Morgan fingerprint density at radius 2 is 1.42 bits per heavy atom. The van der Waals surface area contributed by atoms with Crippen LogP contribution in [0.15, 0.2) is 60.7 Å². The Morgan fingerprint density at radius 1 is 0.895 bits per heavy atom. The van der Waals surface area contributed by atoms with Gasteiger partial charge in [0.15, 0.2) is 0 Å². The van der Waals surface area contributed by atoms with Crippen molar-refractivity contribution in [3.8, 4) is 5.75 Å². The molecular weight excluding hydrogens is 259 g/mol. The molecule has 0 aliphatic heterocycles. The highest BCUT2D eigenvalue weighted by atomic mass is 31.2. The number of para-hydroxylation sites is 1. The molecule has 2 aromatic carbocycles. The molecule has 0 heterocycles. The molecule has 0 saturated heterocycles. The Kier molecular flexibility index (Phi) is 4.41. The monoisotopic (exact) mass is 276 g/mol. The largest absolute Gasteiger partial charge is 0.421 e. The van der Waals surface area contributed by atoms with Crippen LogP contribution in [0.1, 0.15) is 13.8 Å². The summed E-state index contributed by atoms with van der Waals surface area (Å²) in [6.07, 6.45) is -0.185. The minimum Gasteiger partial charge on any atom is -0.421 e. The molecule has 0 aromatic heterocycles. The summed E-state index contributed by atoms with van der Waals surface area (Å²) in [7, 11) is -3.35. The van der Waals surface area contributed by atoms with Gasteiger partial charge in [-0.1, -0.05) is 36.4 Å². The fourth-order valence-corrected chi connectivity index (χ4v) is 3.41. The fraction of sp³-hybridized carbons (Fsp3) is 0.200. The Bertz CT molecular complexity index is 552. The smallest absolute Gasteiger partial charge is 0.410 e. The summed E-state index contributed by atoms with van der Waals surface area (Å²) >= 11 is 0. The van der Waals surface area contributed by atoms with Crippen molar-refractivity contribution in [2.75, 3.05) is 0 Å². The second kappa shape index (κ2) is 6.05. The molecule has 3 nitrogen and oxygen atoms in total. The van der Waals surface area contributed by atoms with Gasteiger partial charge in [0.05, 0.1) is 11.4 Å². The van der Waals surface area contributed by atoms with Crippen LogP contribution in [-0.2, 0) is 9.09 Å². The summed E-state index contributed by atoms with van der Waals surface area (Å²) in [5.74, 6) is 0.537. The average molecular weight is 276 g/mol. The second-order valence-electron chi connectivity index (χ2n) is 4.39. The lowest BCUT2D eigenvalue weighted by molar-refractivity contribution is 0.216. The number of rotatable bonds is 5. The molecule has 1 atom stereocenters. The van der Waals surface area contributed by atoms with E-state index in [0.717, 1.165) is 0 Å². The van der Waals surface area contributed by atoms with Gasteiger partial charge in [-0.15, -0.1) is 0 Å². The lowest BCUT2D eigenvalue weighted by atomic mass is 10.3. The van der Waals surface area contributed by atoms with Crippen molar-refractivity contribution in [3.63, 3.8) is 0 Å². The molecular formula is C15H17O3P. The Hall–Kier alpha value is -1.57. The van der Waals surface area contributed by atoms with E-state index in [1.165, 1.54) is 0 Å². The van der Waals surface area contributed by atoms with Crippen molar-refractivity contribution in [1.82, 2.24) is 0 Å². The van der Waals surface area contributed by atoms with Gasteiger partial charge in [-0.25, -0.2) is 4.57 Å². The zero-order valence-electron chi connectivity index (χ0n) is 11.0. The molecule has 0 saturated carbocycles. The van der Waals surface area contributed by atoms with Crippen LogP contribution in [0.25, 0.3) is 0 Å². The van der Waals surface area contributed by atoms with E-state index in [1.807, 2.05) is 50.2 Å². The average Bonchev–Trinajstić information content (AvgIpc) is 2.40. The summed E-state index contributed by atoms with van der Waals surface area (Å²) in [6, 6.07) is 18.1. The maximum atomic E-state index is 13.0. The molecule has 0 radical (unpaired) electrons. The summed E-state index contributed by atoms with van der Waals surface area (Å²) in [5, 5.41) is 0.563. The van der Waals surface area contributed by atoms with Crippen LogP contribution in [0.2, 0.25) is 0 Å². The van der Waals surface area contributed by atoms with Crippen LogP contribution in [0, 0.1) is 0 Å². The van der Waals surface area contributed by atoms with Gasteiger partial charge >= 0.3 is 7.60 Å². The van der Waals surface area contributed by atoms with E-state index >= 15 is 0 Å². The third-order valence-corrected chi connectivity index (χ3v) is 4.47. The van der Waals surface area contributed by atoms with Crippen LogP contribution in [0.3, 0.4) is 0 Å². The molecule has 19 heavy (non-hydrogen) atoms. The molecule has 2 rings (SSSR count). The van der Waals surface area contributed by atoms with Crippen LogP contribution in [0.5, 0.6) is 5.75 Å². The lowest BCUT2D eigenvalue weighted by Crippen LogP contribution is -2.15. The van der Waals surface area contributed by atoms with Crippen LogP contribution < -0.4 is 9.83 Å². The third kappa shape index (κ3) is 3.69. The van der Waals surface area contributed by atoms with Gasteiger partial charge in [-0.2, -0.15) is 0 Å². The topological polar surface area (TPSA) is 35.5 Å². The Labute approximate surface area is 113 Å². The molecule has 0 fully saturated rings. The highest BCUT2D eigenvalue weighted by Gasteiger charge is 2.30. The van der Waals surface area contributed by atoms with E-state index in [9.17, 15) is 4.57 Å². The number of hydrogen-bond acceptors (Lipinski definition) is 3. The van der Waals surface area contributed by atoms with Gasteiger partial charge in [-0.3, -0.25) is 4.52 Å². The molecule has 2 aromatic rings. The molecule has 0 amide bonds. The van der Waals surface area contributed by atoms with Crippen molar-refractivity contribution < 1.29 is 13.6 Å². The summed E-state index contributed by atoms with van der Waals surface area (Å²) in [6.45, 7) is 3.67. The van der Waals surface area contributed by atoms with E-state index in [0.29, 0.717) is 11.1 Å². The molecule has 100 valence electrons. The summed E-state index contributed by atoms with van der Waals surface area (Å²) < 4.78 is 24.1. The highest BCUT2D eigenvalue weighted by molar-refractivity contribution is 7.62. The van der Waals surface area contributed by atoms with Gasteiger partial charge in [-0.05, 0) is 38.1 Å². The Balaban J connectivity index is 2.33. The third-order valence-electron chi connectivity index (χ3n) is 2.39. The van der Waals surface area contributed by atoms with E-state index in [-0.39, 0.29) is 6.10 Å². The molecule has 0 spiro atoms. The van der Waals surface area contributed by atoms with Crippen LogP contribution in [0.4, 0.5) is 0 Å². The minimum atomic E-state index is -3.35. The maximum Gasteiger partial charge on any atom is 0.410 e. The standard InChI is InChI=1S/C15H17O3P/c1-13(2)17-19(16,15-11-7-4-8-12-15)18-14-9-5-3-6-10-14/h3-13H,1-2H3. The van der Waals surface area contributed by atoms with Crippen molar-refractivity contribution in [1.29, 1.82) is 0 Å². The normalized spacial score (nSPS) is 14.1. The SMILES string of the molecule is CC(C)OP(=O)(Oc1ccccc1)c1ccccc1. The molecule has 0 aliphatic carbocycles. The molecule has 4 heteroatoms.